The van der Waals surface area contributed by atoms with Crippen molar-refractivity contribution < 1.29 is 8.42 Å². The Balaban J connectivity index is 2.51. The summed E-state index contributed by atoms with van der Waals surface area (Å²) in [5.74, 6) is 0.177. The van der Waals surface area contributed by atoms with E-state index < -0.39 is 10.0 Å². The van der Waals surface area contributed by atoms with E-state index in [-0.39, 0.29) is 10.7 Å². The molecule has 0 amide bonds. The molecule has 1 aromatic heterocycles. The molecule has 2 aromatic rings. The first-order chi connectivity index (χ1) is 7.50. The predicted molar refractivity (Wildman–Crippen MR) is 60.4 cm³/mol. The molecule has 1 heterocycles. The maximum atomic E-state index is 12.0. The van der Waals surface area contributed by atoms with Gasteiger partial charge in [0.2, 0.25) is 0 Å². The molecule has 0 saturated heterocycles. The third-order valence-corrected chi connectivity index (χ3v) is 3.72. The van der Waals surface area contributed by atoms with Gasteiger partial charge in [0.05, 0.1) is 4.90 Å². The van der Waals surface area contributed by atoms with Crippen molar-refractivity contribution >= 4 is 15.8 Å². The highest BCUT2D eigenvalue weighted by atomic mass is 32.2. The van der Waals surface area contributed by atoms with Gasteiger partial charge in [0.25, 0.3) is 10.0 Å². The molecule has 2 rings (SSSR count). The number of aromatic nitrogens is 2. The van der Waals surface area contributed by atoms with Gasteiger partial charge in [0.15, 0.2) is 0 Å². The average molecular weight is 237 g/mol. The normalized spacial score (nSPS) is 11.6. The molecular weight excluding hydrogens is 226 g/mol. The van der Waals surface area contributed by atoms with Crippen LogP contribution < -0.4 is 5.73 Å². The van der Waals surface area contributed by atoms with Crippen LogP contribution in [0.15, 0.2) is 41.4 Å². The first-order valence-corrected chi connectivity index (χ1v) is 6.07. The second kappa shape index (κ2) is 3.64. The fourth-order valence-corrected chi connectivity index (χ4v) is 2.39. The highest BCUT2D eigenvalue weighted by Crippen LogP contribution is 2.14. The lowest BCUT2D eigenvalue weighted by atomic mass is 10.2. The lowest BCUT2D eigenvalue weighted by molar-refractivity contribution is 0.580. The fourth-order valence-electron chi connectivity index (χ4n) is 1.27. The SMILES string of the molecule is Cc1ccc(S(=O)(=O)n2ccc(N)n2)cc1. The van der Waals surface area contributed by atoms with E-state index in [2.05, 4.69) is 5.10 Å². The highest BCUT2D eigenvalue weighted by molar-refractivity contribution is 7.89. The lowest BCUT2D eigenvalue weighted by Crippen LogP contribution is -2.13. The summed E-state index contributed by atoms with van der Waals surface area (Å²) in [6.45, 7) is 1.89. The van der Waals surface area contributed by atoms with Crippen molar-refractivity contribution in [2.45, 2.75) is 11.8 Å². The van der Waals surface area contributed by atoms with E-state index >= 15 is 0 Å². The molecule has 0 unspecified atom stereocenters. The molecule has 0 spiro atoms. The maximum Gasteiger partial charge on any atom is 0.283 e. The smallest absolute Gasteiger partial charge is 0.283 e. The Labute approximate surface area is 93.6 Å². The monoisotopic (exact) mass is 237 g/mol. The number of hydrogen-bond donors (Lipinski definition) is 1. The van der Waals surface area contributed by atoms with E-state index in [0.29, 0.717) is 0 Å². The molecule has 0 aliphatic rings. The first-order valence-electron chi connectivity index (χ1n) is 4.63. The van der Waals surface area contributed by atoms with Gasteiger partial charge in [-0.15, -0.1) is 5.10 Å². The molecule has 1 aromatic carbocycles. The van der Waals surface area contributed by atoms with Gasteiger partial charge in [0.1, 0.15) is 5.82 Å². The summed E-state index contributed by atoms with van der Waals surface area (Å²) in [5, 5.41) is 3.69. The standard InChI is InChI=1S/C10H11N3O2S/c1-8-2-4-9(5-3-8)16(14,15)13-7-6-10(11)12-13/h2-7H,1H3,(H2,11,12). The number of nitrogens with two attached hydrogens (primary N) is 1. The van der Waals surface area contributed by atoms with Crippen molar-refractivity contribution in [3.8, 4) is 0 Å². The van der Waals surface area contributed by atoms with Crippen molar-refractivity contribution in [1.29, 1.82) is 0 Å². The van der Waals surface area contributed by atoms with Gasteiger partial charge < -0.3 is 5.73 Å². The van der Waals surface area contributed by atoms with E-state index in [4.69, 9.17) is 5.73 Å². The summed E-state index contributed by atoms with van der Waals surface area (Å²) in [6, 6.07) is 8.00. The summed E-state index contributed by atoms with van der Waals surface area (Å²) >= 11 is 0. The molecule has 0 aliphatic heterocycles. The average Bonchev–Trinajstić information content (AvgIpc) is 2.66. The zero-order valence-electron chi connectivity index (χ0n) is 8.66. The van der Waals surface area contributed by atoms with E-state index in [0.717, 1.165) is 9.65 Å². The number of benzene rings is 1. The van der Waals surface area contributed by atoms with Gasteiger partial charge in [-0.2, -0.15) is 12.5 Å². The minimum atomic E-state index is -3.61. The summed E-state index contributed by atoms with van der Waals surface area (Å²) < 4.78 is 24.9. The zero-order valence-corrected chi connectivity index (χ0v) is 9.48. The molecule has 0 aliphatic carbocycles. The van der Waals surface area contributed by atoms with Crippen molar-refractivity contribution in [2.75, 3.05) is 5.73 Å². The number of nitrogen functional groups attached to an aromatic ring is 1. The van der Waals surface area contributed by atoms with Crippen LogP contribution in [0.25, 0.3) is 0 Å². The van der Waals surface area contributed by atoms with Crippen molar-refractivity contribution in [2.24, 2.45) is 0 Å². The zero-order chi connectivity index (χ0) is 11.8. The summed E-state index contributed by atoms with van der Waals surface area (Å²) in [6.07, 6.45) is 1.32. The van der Waals surface area contributed by atoms with Crippen molar-refractivity contribution in [3.05, 3.63) is 42.1 Å². The van der Waals surface area contributed by atoms with Crippen molar-refractivity contribution in [1.82, 2.24) is 9.19 Å². The Kier molecular flexibility index (Phi) is 2.43. The predicted octanol–water partition coefficient (Wildman–Crippen LogP) is 1.01. The van der Waals surface area contributed by atoms with Crippen molar-refractivity contribution in [3.63, 3.8) is 0 Å². The molecule has 0 bridgehead atoms. The first kappa shape index (κ1) is 10.7. The summed E-state index contributed by atoms with van der Waals surface area (Å²) in [5.41, 5.74) is 6.38. The number of hydrogen-bond acceptors (Lipinski definition) is 4. The molecular formula is C10H11N3O2S. The van der Waals surface area contributed by atoms with Crippen LogP contribution in [0, 0.1) is 6.92 Å². The maximum absolute atomic E-state index is 12.0. The van der Waals surface area contributed by atoms with E-state index in [1.807, 2.05) is 6.92 Å². The van der Waals surface area contributed by atoms with Crippen LogP contribution in [-0.4, -0.2) is 17.6 Å². The second-order valence-corrected chi connectivity index (χ2v) is 5.23. The molecule has 0 saturated carbocycles. The minimum absolute atomic E-state index is 0.177. The Hall–Kier alpha value is -1.82. The molecule has 0 atom stereocenters. The minimum Gasteiger partial charge on any atom is -0.382 e. The molecule has 0 radical (unpaired) electrons. The largest absolute Gasteiger partial charge is 0.382 e. The number of rotatable bonds is 2. The van der Waals surface area contributed by atoms with Gasteiger partial charge >= 0.3 is 0 Å². The molecule has 0 fully saturated rings. The summed E-state index contributed by atoms with van der Waals surface area (Å²) in [4.78, 5) is 0.196. The van der Waals surface area contributed by atoms with Gasteiger partial charge in [-0.05, 0) is 19.1 Å². The quantitative estimate of drug-likeness (QED) is 0.845. The number of anilines is 1. The second-order valence-electron chi connectivity index (χ2n) is 3.43. The van der Waals surface area contributed by atoms with Gasteiger partial charge in [-0.1, -0.05) is 17.7 Å². The van der Waals surface area contributed by atoms with E-state index in [9.17, 15) is 8.42 Å². The van der Waals surface area contributed by atoms with Gasteiger partial charge in [0, 0.05) is 12.3 Å². The Morgan fingerprint density at radius 1 is 1.19 bits per heavy atom. The van der Waals surface area contributed by atoms with E-state index in [1.54, 1.807) is 24.3 Å². The number of nitrogens with zero attached hydrogens (tertiary/aromatic N) is 2. The van der Waals surface area contributed by atoms with Crippen LogP contribution in [0.1, 0.15) is 5.56 Å². The third-order valence-electron chi connectivity index (χ3n) is 2.15. The molecule has 6 heteroatoms. The van der Waals surface area contributed by atoms with Crippen LogP contribution >= 0.6 is 0 Å². The van der Waals surface area contributed by atoms with Crippen LogP contribution in [0.2, 0.25) is 0 Å². The van der Waals surface area contributed by atoms with Crippen LogP contribution in [-0.2, 0) is 10.0 Å². The Morgan fingerprint density at radius 3 is 2.31 bits per heavy atom. The number of aryl methyl sites for hydroxylation is 1. The molecule has 84 valence electrons. The van der Waals surface area contributed by atoms with Crippen LogP contribution in [0.5, 0.6) is 0 Å². The Morgan fingerprint density at radius 2 is 1.81 bits per heavy atom. The van der Waals surface area contributed by atoms with Crippen LogP contribution in [0.3, 0.4) is 0 Å². The molecule has 2 N–H and O–H groups in total. The molecule has 5 nitrogen and oxygen atoms in total. The van der Waals surface area contributed by atoms with E-state index in [1.165, 1.54) is 12.3 Å². The highest BCUT2D eigenvalue weighted by Gasteiger charge is 2.17. The Bertz CT molecular complexity index is 599. The lowest BCUT2D eigenvalue weighted by Gasteiger charge is -2.03. The van der Waals surface area contributed by atoms with Gasteiger partial charge in [-0.3, -0.25) is 0 Å². The molecule has 16 heavy (non-hydrogen) atoms. The third kappa shape index (κ3) is 1.79. The van der Waals surface area contributed by atoms with Gasteiger partial charge in [-0.25, -0.2) is 0 Å². The summed E-state index contributed by atoms with van der Waals surface area (Å²) in [7, 11) is -3.61. The van der Waals surface area contributed by atoms with Crippen LogP contribution in [0.4, 0.5) is 5.82 Å². The topological polar surface area (TPSA) is 78.0 Å². The fraction of sp³-hybridized carbons (Fsp3) is 0.100.